The molecule has 0 amide bonds. The second-order valence-corrected chi connectivity index (χ2v) is 4.94. The molecule has 2 unspecified atom stereocenters. The second-order valence-electron chi connectivity index (χ2n) is 4.94. The molecule has 0 fully saturated rings. The number of ketones is 1. The van der Waals surface area contributed by atoms with Crippen LogP contribution in [0, 0.1) is 11.3 Å². The minimum absolute atomic E-state index is 0.0618. The van der Waals surface area contributed by atoms with Crippen LogP contribution in [0.3, 0.4) is 0 Å². The van der Waals surface area contributed by atoms with Crippen molar-refractivity contribution in [2.45, 2.75) is 40.2 Å². The van der Waals surface area contributed by atoms with Crippen LogP contribution in [0.2, 0.25) is 0 Å². The first-order chi connectivity index (χ1) is 5.82. The van der Waals surface area contributed by atoms with Gasteiger partial charge in [0.1, 0.15) is 0 Å². The number of hydrogen-bond donors (Lipinski definition) is 1. The zero-order chi connectivity index (χ0) is 10.2. The second kappa shape index (κ2) is 3.26. The molecule has 0 aliphatic heterocycles. The van der Waals surface area contributed by atoms with Gasteiger partial charge in [0.25, 0.3) is 0 Å². The molecule has 13 heavy (non-hydrogen) atoms. The van der Waals surface area contributed by atoms with Crippen molar-refractivity contribution in [2.24, 2.45) is 11.3 Å². The van der Waals surface area contributed by atoms with Crippen molar-refractivity contribution in [1.29, 1.82) is 0 Å². The molecule has 1 N–H and O–H groups in total. The third-order valence-corrected chi connectivity index (χ3v) is 2.56. The van der Waals surface area contributed by atoms with E-state index in [0.29, 0.717) is 6.42 Å². The van der Waals surface area contributed by atoms with Gasteiger partial charge < -0.3 is 5.11 Å². The summed E-state index contributed by atoms with van der Waals surface area (Å²) in [5, 5.41) is 9.87. The Morgan fingerprint density at radius 3 is 2.46 bits per heavy atom. The van der Waals surface area contributed by atoms with E-state index in [-0.39, 0.29) is 17.1 Å². The Morgan fingerprint density at radius 2 is 2.00 bits per heavy atom. The summed E-state index contributed by atoms with van der Waals surface area (Å²) >= 11 is 0. The Bertz CT molecular complexity index is 245. The fraction of sp³-hybridized carbons (Fsp3) is 0.727. The van der Waals surface area contributed by atoms with Gasteiger partial charge >= 0.3 is 0 Å². The average molecular weight is 182 g/mol. The van der Waals surface area contributed by atoms with Gasteiger partial charge in [-0.15, -0.1) is 0 Å². The van der Waals surface area contributed by atoms with Crippen LogP contribution in [0.1, 0.15) is 34.1 Å². The van der Waals surface area contributed by atoms with E-state index in [1.165, 1.54) is 0 Å². The molecule has 1 rings (SSSR count). The van der Waals surface area contributed by atoms with Crippen molar-refractivity contribution in [2.75, 3.05) is 0 Å². The molecule has 0 aromatic rings. The molecule has 0 aromatic heterocycles. The third-order valence-electron chi connectivity index (χ3n) is 2.56. The van der Waals surface area contributed by atoms with Crippen molar-refractivity contribution < 1.29 is 9.90 Å². The Labute approximate surface area is 79.6 Å². The van der Waals surface area contributed by atoms with Crippen molar-refractivity contribution in [1.82, 2.24) is 0 Å². The lowest BCUT2D eigenvalue weighted by Gasteiger charge is -2.33. The summed E-state index contributed by atoms with van der Waals surface area (Å²) in [6.07, 6.45) is 1.64. The van der Waals surface area contributed by atoms with E-state index in [0.717, 1.165) is 5.57 Å². The molecular formula is C11H18O2. The molecular weight excluding hydrogens is 164 g/mol. The van der Waals surface area contributed by atoms with Gasteiger partial charge in [-0.3, -0.25) is 4.79 Å². The fourth-order valence-corrected chi connectivity index (χ4v) is 1.71. The van der Waals surface area contributed by atoms with Gasteiger partial charge in [-0.1, -0.05) is 27.7 Å². The van der Waals surface area contributed by atoms with Crippen molar-refractivity contribution in [3.8, 4) is 0 Å². The summed E-state index contributed by atoms with van der Waals surface area (Å²) in [6, 6.07) is 0. The van der Waals surface area contributed by atoms with Gasteiger partial charge in [0.2, 0.25) is 0 Å². The van der Waals surface area contributed by atoms with Crippen LogP contribution in [0.15, 0.2) is 11.6 Å². The van der Waals surface area contributed by atoms with Crippen LogP contribution in [-0.4, -0.2) is 17.0 Å². The van der Waals surface area contributed by atoms with Gasteiger partial charge in [0.15, 0.2) is 5.78 Å². The smallest absolute Gasteiger partial charge is 0.156 e. The molecule has 0 radical (unpaired) electrons. The van der Waals surface area contributed by atoms with Crippen LogP contribution in [0.25, 0.3) is 0 Å². The van der Waals surface area contributed by atoms with Crippen LogP contribution in [0.5, 0.6) is 0 Å². The van der Waals surface area contributed by atoms with E-state index in [4.69, 9.17) is 0 Å². The Hall–Kier alpha value is -0.630. The van der Waals surface area contributed by atoms with Crippen LogP contribution in [0.4, 0.5) is 0 Å². The summed E-state index contributed by atoms with van der Waals surface area (Å²) in [6.45, 7) is 7.98. The maximum Gasteiger partial charge on any atom is 0.156 e. The molecule has 2 heteroatoms. The highest BCUT2D eigenvalue weighted by molar-refractivity contribution is 5.92. The van der Waals surface area contributed by atoms with Gasteiger partial charge in [0.05, 0.1) is 6.10 Å². The number of allylic oxidation sites excluding steroid dienone is 1. The Morgan fingerprint density at radius 1 is 1.46 bits per heavy atom. The quantitative estimate of drug-likeness (QED) is 0.621. The summed E-state index contributed by atoms with van der Waals surface area (Å²) in [4.78, 5) is 11.3. The highest BCUT2D eigenvalue weighted by Gasteiger charge is 2.32. The normalized spacial score (nSPS) is 30.2. The SMILES string of the molecule is CC1CC(=O)C=C(C(C)(C)C)C1O. The topological polar surface area (TPSA) is 37.3 Å². The minimum atomic E-state index is -0.447. The average Bonchev–Trinajstić information content (AvgIpc) is 1.94. The van der Waals surface area contributed by atoms with Crippen molar-refractivity contribution in [3.05, 3.63) is 11.6 Å². The van der Waals surface area contributed by atoms with E-state index in [1.807, 2.05) is 27.7 Å². The van der Waals surface area contributed by atoms with Gasteiger partial charge in [-0.25, -0.2) is 0 Å². The Kier molecular flexibility index (Phi) is 2.62. The zero-order valence-corrected chi connectivity index (χ0v) is 8.79. The largest absolute Gasteiger partial charge is 0.388 e. The standard InChI is InChI=1S/C11H18O2/c1-7-5-8(12)6-9(10(7)13)11(2,3)4/h6-7,10,13H,5H2,1-4H3. The highest BCUT2D eigenvalue weighted by atomic mass is 16.3. The number of carbonyl (C=O) groups is 1. The molecule has 0 saturated carbocycles. The highest BCUT2D eigenvalue weighted by Crippen LogP contribution is 2.34. The van der Waals surface area contributed by atoms with E-state index >= 15 is 0 Å². The maximum absolute atomic E-state index is 11.3. The molecule has 0 aromatic carbocycles. The number of rotatable bonds is 0. The lowest BCUT2D eigenvalue weighted by molar-refractivity contribution is -0.117. The summed E-state index contributed by atoms with van der Waals surface area (Å²) in [5.74, 6) is 0.203. The molecule has 0 saturated heterocycles. The number of aliphatic hydroxyl groups excluding tert-OH is 1. The molecule has 2 atom stereocenters. The zero-order valence-electron chi connectivity index (χ0n) is 8.79. The van der Waals surface area contributed by atoms with E-state index in [1.54, 1.807) is 6.08 Å². The molecule has 0 bridgehead atoms. The van der Waals surface area contributed by atoms with Crippen molar-refractivity contribution >= 4 is 5.78 Å². The van der Waals surface area contributed by atoms with Gasteiger partial charge in [-0.05, 0) is 23.0 Å². The summed E-state index contributed by atoms with van der Waals surface area (Å²) < 4.78 is 0. The molecule has 2 nitrogen and oxygen atoms in total. The van der Waals surface area contributed by atoms with Gasteiger partial charge in [-0.2, -0.15) is 0 Å². The van der Waals surface area contributed by atoms with E-state index in [2.05, 4.69) is 0 Å². The predicted octanol–water partition coefficient (Wildman–Crippen LogP) is 1.93. The first-order valence-electron chi connectivity index (χ1n) is 4.75. The van der Waals surface area contributed by atoms with Crippen LogP contribution >= 0.6 is 0 Å². The number of carbonyl (C=O) groups excluding carboxylic acids is 1. The summed E-state index contributed by atoms with van der Waals surface area (Å²) in [7, 11) is 0. The number of aliphatic hydroxyl groups is 1. The van der Waals surface area contributed by atoms with Crippen LogP contribution in [-0.2, 0) is 4.79 Å². The fourth-order valence-electron chi connectivity index (χ4n) is 1.71. The van der Waals surface area contributed by atoms with Gasteiger partial charge in [0, 0.05) is 6.42 Å². The van der Waals surface area contributed by atoms with E-state index in [9.17, 15) is 9.90 Å². The summed E-state index contributed by atoms with van der Waals surface area (Å²) in [5.41, 5.74) is 0.764. The number of hydrogen-bond acceptors (Lipinski definition) is 2. The first-order valence-corrected chi connectivity index (χ1v) is 4.75. The molecule has 0 heterocycles. The Balaban J connectivity index is 3.00. The lowest BCUT2D eigenvalue weighted by atomic mass is 9.74. The molecule has 1 aliphatic rings. The van der Waals surface area contributed by atoms with Crippen LogP contribution < -0.4 is 0 Å². The third kappa shape index (κ3) is 2.19. The minimum Gasteiger partial charge on any atom is -0.388 e. The molecule has 74 valence electrons. The lowest BCUT2D eigenvalue weighted by Crippen LogP contribution is -2.33. The monoisotopic (exact) mass is 182 g/mol. The molecule has 1 aliphatic carbocycles. The molecule has 0 spiro atoms. The van der Waals surface area contributed by atoms with Crippen molar-refractivity contribution in [3.63, 3.8) is 0 Å². The maximum atomic E-state index is 11.3. The van der Waals surface area contributed by atoms with E-state index < -0.39 is 6.10 Å². The predicted molar refractivity (Wildman–Crippen MR) is 52.3 cm³/mol. The first kappa shape index (κ1) is 10.5.